The van der Waals surface area contributed by atoms with Gasteiger partial charge in [0.05, 0.1) is 5.69 Å². The molecule has 0 radical (unpaired) electrons. The second-order valence-corrected chi connectivity index (χ2v) is 16.7. The van der Waals surface area contributed by atoms with Crippen molar-refractivity contribution >= 4 is 82.5 Å². The van der Waals surface area contributed by atoms with Crippen molar-refractivity contribution in [3.8, 4) is 44.5 Å². The first kappa shape index (κ1) is 36.9. The van der Waals surface area contributed by atoms with Crippen molar-refractivity contribution in [3.05, 3.63) is 237 Å². The predicted octanol–water partition coefficient (Wildman–Crippen LogP) is 17.9. The molecule has 11 aromatic carbocycles. The van der Waals surface area contributed by atoms with Crippen LogP contribution in [0.2, 0.25) is 0 Å². The number of benzene rings is 11. The molecule has 0 bridgehead atoms. The van der Waals surface area contributed by atoms with Crippen molar-refractivity contribution in [2.75, 3.05) is 4.90 Å². The van der Waals surface area contributed by atoms with E-state index in [0.717, 1.165) is 88.8 Å². The van der Waals surface area contributed by atoms with E-state index in [-0.39, 0.29) is 0 Å². The van der Waals surface area contributed by atoms with Crippen LogP contribution in [0.4, 0.5) is 17.1 Å². The summed E-state index contributed by atoms with van der Waals surface area (Å²) in [5.74, 6) is 0. The van der Waals surface area contributed by atoms with Gasteiger partial charge in [-0.25, -0.2) is 0 Å². The van der Waals surface area contributed by atoms with Crippen molar-refractivity contribution < 1.29 is 8.83 Å². The van der Waals surface area contributed by atoms with E-state index >= 15 is 0 Å². The molecule has 0 aliphatic heterocycles. The highest BCUT2D eigenvalue weighted by molar-refractivity contribution is 6.23. The number of hydrogen-bond acceptors (Lipinski definition) is 3. The third kappa shape index (κ3) is 6.05. The highest BCUT2D eigenvalue weighted by atomic mass is 16.3. The van der Waals surface area contributed by atoms with Crippen LogP contribution in [0.5, 0.6) is 0 Å². The molecule has 0 amide bonds. The van der Waals surface area contributed by atoms with E-state index in [4.69, 9.17) is 8.83 Å². The lowest BCUT2D eigenvalue weighted by Crippen LogP contribution is -2.10. The third-order valence-electron chi connectivity index (χ3n) is 13.1. The quantitative estimate of drug-likeness (QED) is 0.150. The van der Waals surface area contributed by atoms with Crippen molar-refractivity contribution in [2.24, 2.45) is 0 Å². The Morgan fingerprint density at radius 1 is 0.277 bits per heavy atom. The average Bonchev–Trinajstić information content (AvgIpc) is 3.97. The first-order valence-corrected chi connectivity index (χ1v) is 22.2. The minimum atomic E-state index is 0.813. The number of rotatable bonds is 7. The molecular formula is C62H39NO2. The van der Waals surface area contributed by atoms with Crippen LogP contribution in [-0.4, -0.2) is 0 Å². The highest BCUT2D eigenvalue weighted by Crippen LogP contribution is 2.50. The van der Waals surface area contributed by atoms with Crippen LogP contribution in [-0.2, 0) is 0 Å². The number of nitrogens with zero attached hydrogens (tertiary/aromatic N) is 1. The molecule has 0 saturated carbocycles. The van der Waals surface area contributed by atoms with Gasteiger partial charge in [-0.15, -0.1) is 0 Å². The Balaban J connectivity index is 1.06. The summed E-state index contributed by atoms with van der Waals surface area (Å²) in [6.45, 7) is 0. The maximum absolute atomic E-state index is 7.09. The SMILES string of the molecule is c1ccc(-c2ccccc2-c2ccc(N(c3ccc4ccc5ccccc5c4c3)c3ccc(-c4ccc(-c5ccccc5)c5oc6ccccc6c45)c4c3oc3ccccc34)cc2)cc1. The van der Waals surface area contributed by atoms with E-state index in [1.807, 2.05) is 6.07 Å². The molecule has 0 aliphatic carbocycles. The third-order valence-corrected chi connectivity index (χ3v) is 13.1. The van der Waals surface area contributed by atoms with Gasteiger partial charge in [0.25, 0.3) is 0 Å². The first-order chi connectivity index (χ1) is 32.2. The predicted molar refractivity (Wildman–Crippen MR) is 272 cm³/mol. The molecule has 3 nitrogen and oxygen atoms in total. The zero-order valence-corrected chi connectivity index (χ0v) is 35.3. The van der Waals surface area contributed by atoms with Crippen molar-refractivity contribution in [1.29, 1.82) is 0 Å². The number of hydrogen-bond donors (Lipinski definition) is 0. The summed E-state index contributed by atoms with van der Waals surface area (Å²) < 4.78 is 13.9. The van der Waals surface area contributed by atoms with Gasteiger partial charge in [-0.3, -0.25) is 0 Å². The van der Waals surface area contributed by atoms with Crippen LogP contribution in [0, 0.1) is 0 Å². The molecule has 304 valence electrons. The second kappa shape index (κ2) is 15.0. The summed E-state index contributed by atoms with van der Waals surface area (Å²) in [7, 11) is 0. The Bertz CT molecular complexity index is 3940. The maximum atomic E-state index is 7.09. The fraction of sp³-hybridized carbons (Fsp3) is 0. The van der Waals surface area contributed by atoms with Gasteiger partial charge in [0.15, 0.2) is 5.58 Å². The van der Waals surface area contributed by atoms with Crippen LogP contribution < -0.4 is 4.90 Å². The highest BCUT2D eigenvalue weighted by Gasteiger charge is 2.25. The van der Waals surface area contributed by atoms with Crippen molar-refractivity contribution in [2.45, 2.75) is 0 Å². The molecule has 13 aromatic rings. The van der Waals surface area contributed by atoms with E-state index in [2.05, 4.69) is 235 Å². The lowest BCUT2D eigenvalue weighted by atomic mass is 9.92. The number of para-hydroxylation sites is 2. The van der Waals surface area contributed by atoms with Crippen LogP contribution in [0.3, 0.4) is 0 Å². The Hall–Kier alpha value is -8.66. The molecule has 13 rings (SSSR count). The topological polar surface area (TPSA) is 29.5 Å². The maximum Gasteiger partial charge on any atom is 0.160 e. The zero-order chi connectivity index (χ0) is 42.8. The van der Waals surface area contributed by atoms with Gasteiger partial charge in [-0.05, 0) is 109 Å². The molecule has 2 heterocycles. The molecule has 0 N–H and O–H groups in total. The van der Waals surface area contributed by atoms with Gasteiger partial charge in [0.1, 0.15) is 16.7 Å². The summed E-state index contributed by atoms with van der Waals surface area (Å²) in [5.41, 5.74) is 15.5. The molecular weight excluding hydrogens is 791 g/mol. The second-order valence-electron chi connectivity index (χ2n) is 16.7. The Labute approximate surface area is 375 Å². The standard InChI is InChI=1S/C62H39NO2/c1-3-15-40(16-4-1)47-20-9-10-21-48(47)43-29-32-45(33-30-43)63(46-34-31-44-28-27-42-19-7-8-22-49(42)55(44)39-46)56-38-37-52(60-54-24-12-14-26-58(54)65-62(56)60)51-36-35-50(41-17-5-2-6-18-41)61-59(51)53-23-11-13-25-57(53)64-61/h1-39H. The van der Waals surface area contributed by atoms with E-state index in [1.54, 1.807) is 0 Å². The Kier molecular flexibility index (Phi) is 8.53. The van der Waals surface area contributed by atoms with Gasteiger partial charge in [0, 0.05) is 38.5 Å². The van der Waals surface area contributed by atoms with Crippen molar-refractivity contribution in [1.82, 2.24) is 0 Å². The van der Waals surface area contributed by atoms with Gasteiger partial charge >= 0.3 is 0 Å². The molecule has 65 heavy (non-hydrogen) atoms. The molecule has 0 aliphatic rings. The van der Waals surface area contributed by atoms with Crippen LogP contribution in [0.15, 0.2) is 245 Å². The average molecular weight is 830 g/mol. The lowest BCUT2D eigenvalue weighted by molar-refractivity contribution is 0.669. The minimum absolute atomic E-state index is 0.813. The normalized spacial score (nSPS) is 11.7. The number of anilines is 3. The lowest BCUT2D eigenvalue weighted by Gasteiger charge is -2.27. The summed E-state index contributed by atoms with van der Waals surface area (Å²) >= 11 is 0. The van der Waals surface area contributed by atoms with Gasteiger partial charge in [-0.2, -0.15) is 0 Å². The minimum Gasteiger partial charge on any atom is -0.455 e. The van der Waals surface area contributed by atoms with E-state index < -0.39 is 0 Å². The molecule has 0 unspecified atom stereocenters. The molecule has 0 atom stereocenters. The molecule has 2 aromatic heterocycles. The first-order valence-electron chi connectivity index (χ1n) is 22.2. The molecule has 3 heteroatoms. The fourth-order valence-corrected chi connectivity index (χ4v) is 10.1. The molecule has 0 spiro atoms. The monoisotopic (exact) mass is 829 g/mol. The van der Waals surface area contributed by atoms with E-state index in [1.165, 1.54) is 38.2 Å². The number of fused-ring (bicyclic) bond motifs is 9. The Morgan fingerprint density at radius 2 is 0.738 bits per heavy atom. The van der Waals surface area contributed by atoms with Gasteiger partial charge in [0.2, 0.25) is 0 Å². The largest absolute Gasteiger partial charge is 0.455 e. The van der Waals surface area contributed by atoms with Gasteiger partial charge in [-0.1, -0.05) is 188 Å². The number of furan rings is 2. The van der Waals surface area contributed by atoms with Crippen LogP contribution in [0.25, 0.3) is 110 Å². The van der Waals surface area contributed by atoms with Gasteiger partial charge < -0.3 is 13.7 Å². The molecule has 0 fully saturated rings. The van der Waals surface area contributed by atoms with Crippen LogP contribution >= 0.6 is 0 Å². The summed E-state index contributed by atoms with van der Waals surface area (Å²) in [6, 6.07) is 84.5. The fourth-order valence-electron chi connectivity index (χ4n) is 10.1. The summed E-state index contributed by atoms with van der Waals surface area (Å²) in [5, 5.41) is 9.12. The van der Waals surface area contributed by atoms with E-state index in [0.29, 0.717) is 0 Å². The summed E-state index contributed by atoms with van der Waals surface area (Å²) in [6.07, 6.45) is 0. The molecule has 0 saturated heterocycles. The Morgan fingerprint density at radius 3 is 1.42 bits per heavy atom. The van der Waals surface area contributed by atoms with E-state index in [9.17, 15) is 0 Å². The zero-order valence-electron chi connectivity index (χ0n) is 35.3. The van der Waals surface area contributed by atoms with Crippen LogP contribution in [0.1, 0.15) is 0 Å². The smallest absolute Gasteiger partial charge is 0.160 e. The van der Waals surface area contributed by atoms with Crippen molar-refractivity contribution in [3.63, 3.8) is 0 Å². The summed E-state index contributed by atoms with van der Waals surface area (Å²) in [4.78, 5) is 2.37.